The van der Waals surface area contributed by atoms with Gasteiger partial charge in [0.1, 0.15) is 0 Å². The van der Waals surface area contributed by atoms with Crippen LogP contribution in [0.5, 0.6) is 0 Å². The van der Waals surface area contributed by atoms with Crippen LogP contribution in [0.15, 0.2) is 48.8 Å². The maximum Gasteiger partial charge on any atom is 0.225 e. The molecule has 1 fully saturated rings. The van der Waals surface area contributed by atoms with E-state index in [0.717, 1.165) is 17.7 Å². The van der Waals surface area contributed by atoms with Gasteiger partial charge in [-0.1, -0.05) is 18.2 Å². The third-order valence-electron chi connectivity index (χ3n) is 4.85. The third-order valence-corrected chi connectivity index (χ3v) is 4.85. The minimum absolute atomic E-state index is 0.0262. The molecule has 0 bridgehead atoms. The molecule has 0 aliphatic carbocycles. The highest BCUT2D eigenvalue weighted by Gasteiger charge is 2.34. The van der Waals surface area contributed by atoms with E-state index in [1.165, 1.54) is 5.56 Å². The molecule has 0 radical (unpaired) electrons. The molecule has 1 saturated heterocycles. The molecule has 3 rings (SSSR count). The van der Waals surface area contributed by atoms with Crippen LogP contribution in [-0.4, -0.2) is 48.9 Å². The lowest BCUT2D eigenvalue weighted by atomic mass is 10.1. The number of rotatable bonds is 7. The van der Waals surface area contributed by atoms with E-state index in [2.05, 4.69) is 39.5 Å². The minimum atomic E-state index is -0.273. The third kappa shape index (κ3) is 5.06. The number of pyridine rings is 1. The van der Waals surface area contributed by atoms with Gasteiger partial charge in [0.25, 0.3) is 0 Å². The number of benzene rings is 1. The summed E-state index contributed by atoms with van der Waals surface area (Å²) in [5, 5.41) is 2.97. The summed E-state index contributed by atoms with van der Waals surface area (Å²) in [5.74, 6) is -0.287. The average Bonchev–Trinajstić information content (AvgIpc) is 3.03. The van der Waals surface area contributed by atoms with E-state index in [0.29, 0.717) is 19.6 Å². The standard InChI is InChI=1S/C21H26N4O2/c1-24(2)19-7-5-16(6-8-19)9-11-23-21(27)18-12-20(26)25(15-18)14-17-4-3-10-22-13-17/h3-8,10,13,18H,9,11-12,14-15H2,1-2H3,(H,23,27). The number of nitrogens with zero attached hydrogens (tertiary/aromatic N) is 3. The summed E-state index contributed by atoms with van der Waals surface area (Å²) in [4.78, 5) is 32.5. The number of hydrogen-bond acceptors (Lipinski definition) is 4. The van der Waals surface area contributed by atoms with Gasteiger partial charge in [0.05, 0.1) is 5.92 Å². The molecule has 0 saturated carbocycles. The van der Waals surface area contributed by atoms with Crippen molar-refractivity contribution in [3.05, 3.63) is 59.9 Å². The molecule has 6 heteroatoms. The Bertz CT molecular complexity index is 775. The number of anilines is 1. The number of carbonyl (C=O) groups is 2. The maximum absolute atomic E-state index is 12.4. The van der Waals surface area contributed by atoms with Crippen LogP contribution in [0.2, 0.25) is 0 Å². The number of nitrogens with one attached hydrogen (secondary N) is 1. The lowest BCUT2D eigenvalue weighted by Crippen LogP contribution is -2.34. The summed E-state index contributed by atoms with van der Waals surface area (Å²) in [7, 11) is 4.02. The fourth-order valence-corrected chi connectivity index (χ4v) is 3.25. The van der Waals surface area contributed by atoms with Gasteiger partial charge in [-0.05, 0) is 35.7 Å². The molecule has 1 aliphatic rings. The van der Waals surface area contributed by atoms with Gasteiger partial charge >= 0.3 is 0 Å². The van der Waals surface area contributed by atoms with E-state index in [1.807, 2.05) is 26.2 Å². The molecule has 1 aliphatic heterocycles. The van der Waals surface area contributed by atoms with Gasteiger partial charge in [0.2, 0.25) is 11.8 Å². The molecule has 0 spiro atoms. The number of hydrogen-bond donors (Lipinski definition) is 1. The lowest BCUT2D eigenvalue weighted by Gasteiger charge is -2.16. The van der Waals surface area contributed by atoms with Crippen molar-refractivity contribution in [2.45, 2.75) is 19.4 Å². The predicted molar refractivity (Wildman–Crippen MR) is 105 cm³/mol. The quantitative estimate of drug-likeness (QED) is 0.812. The second-order valence-electron chi connectivity index (χ2n) is 7.14. The highest BCUT2D eigenvalue weighted by Crippen LogP contribution is 2.20. The van der Waals surface area contributed by atoms with Gasteiger partial charge < -0.3 is 15.1 Å². The lowest BCUT2D eigenvalue weighted by molar-refractivity contribution is -0.129. The monoisotopic (exact) mass is 366 g/mol. The molecule has 2 aromatic rings. The van der Waals surface area contributed by atoms with Crippen LogP contribution in [0.1, 0.15) is 17.5 Å². The topological polar surface area (TPSA) is 65.5 Å². The van der Waals surface area contributed by atoms with E-state index in [1.54, 1.807) is 17.3 Å². The van der Waals surface area contributed by atoms with Crippen LogP contribution in [0.4, 0.5) is 5.69 Å². The first-order valence-electron chi connectivity index (χ1n) is 9.23. The first-order valence-corrected chi connectivity index (χ1v) is 9.23. The van der Waals surface area contributed by atoms with Crippen molar-refractivity contribution in [1.82, 2.24) is 15.2 Å². The van der Waals surface area contributed by atoms with Crippen molar-refractivity contribution in [2.75, 3.05) is 32.1 Å². The summed E-state index contributed by atoms with van der Waals surface area (Å²) < 4.78 is 0. The molecule has 6 nitrogen and oxygen atoms in total. The zero-order chi connectivity index (χ0) is 19.2. The minimum Gasteiger partial charge on any atom is -0.378 e. The molecule has 2 heterocycles. The van der Waals surface area contributed by atoms with Crippen molar-refractivity contribution >= 4 is 17.5 Å². The Morgan fingerprint density at radius 3 is 2.67 bits per heavy atom. The highest BCUT2D eigenvalue weighted by atomic mass is 16.2. The van der Waals surface area contributed by atoms with E-state index in [-0.39, 0.29) is 24.2 Å². The number of aromatic nitrogens is 1. The van der Waals surface area contributed by atoms with Crippen molar-refractivity contribution in [3.8, 4) is 0 Å². The first-order chi connectivity index (χ1) is 13.0. The molecule has 1 unspecified atom stereocenters. The van der Waals surface area contributed by atoms with E-state index in [9.17, 15) is 9.59 Å². The molecule has 1 atom stereocenters. The van der Waals surface area contributed by atoms with E-state index in [4.69, 9.17) is 0 Å². The van der Waals surface area contributed by atoms with Gasteiger partial charge in [-0.3, -0.25) is 14.6 Å². The predicted octanol–water partition coefficient (Wildman–Crippen LogP) is 1.85. The SMILES string of the molecule is CN(C)c1ccc(CCNC(=O)C2CC(=O)N(Cc3cccnc3)C2)cc1. The summed E-state index contributed by atoms with van der Waals surface area (Å²) in [6, 6.07) is 12.1. The number of carbonyl (C=O) groups excluding carboxylic acids is 2. The Morgan fingerprint density at radius 1 is 1.22 bits per heavy atom. The second-order valence-corrected chi connectivity index (χ2v) is 7.14. The number of likely N-dealkylation sites (tertiary alicyclic amines) is 1. The first kappa shape index (κ1) is 18.9. The van der Waals surface area contributed by atoms with Gasteiger partial charge in [-0.25, -0.2) is 0 Å². The zero-order valence-electron chi connectivity index (χ0n) is 15.9. The molecule has 2 amide bonds. The van der Waals surface area contributed by atoms with Crippen molar-refractivity contribution < 1.29 is 9.59 Å². The van der Waals surface area contributed by atoms with Crippen LogP contribution >= 0.6 is 0 Å². The van der Waals surface area contributed by atoms with Crippen LogP contribution < -0.4 is 10.2 Å². The van der Waals surface area contributed by atoms with E-state index >= 15 is 0 Å². The normalized spacial score (nSPS) is 16.4. The van der Waals surface area contributed by atoms with Crippen molar-refractivity contribution in [1.29, 1.82) is 0 Å². The summed E-state index contributed by atoms with van der Waals surface area (Å²) in [6.45, 7) is 1.55. The molecule has 27 heavy (non-hydrogen) atoms. The smallest absolute Gasteiger partial charge is 0.225 e. The van der Waals surface area contributed by atoms with Gasteiger partial charge in [0.15, 0.2) is 0 Å². The van der Waals surface area contributed by atoms with Crippen LogP contribution in [-0.2, 0) is 22.6 Å². The van der Waals surface area contributed by atoms with Gasteiger partial charge in [-0.15, -0.1) is 0 Å². The van der Waals surface area contributed by atoms with Crippen LogP contribution in [0, 0.1) is 5.92 Å². The Labute approximate surface area is 160 Å². The Morgan fingerprint density at radius 2 is 2.00 bits per heavy atom. The van der Waals surface area contributed by atoms with Gasteiger partial charge in [-0.2, -0.15) is 0 Å². The molecule has 142 valence electrons. The fraction of sp³-hybridized carbons (Fsp3) is 0.381. The van der Waals surface area contributed by atoms with E-state index < -0.39 is 0 Å². The molecular weight excluding hydrogens is 340 g/mol. The summed E-state index contributed by atoms with van der Waals surface area (Å²) in [6.07, 6.45) is 4.52. The Balaban J connectivity index is 1.45. The Kier molecular flexibility index (Phi) is 6.06. The maximum atomic E-state index is 12.4. The molecule has 1 aromatic carbocycles. The molecule has 1 N–H and O–H groups in total. The molecule has 1 aromatic heterocycles. The average molecular weight is 366 g/mol. The molecular formula is C21H26N4O2. The second kappa shape index (κ2) is 8.66. The van der Waals surface area contributed by atoms with Crippen molar-refractivity contribution in [3.63, 3.8) is 0 Å². The van der Waals surface area contributed by atoms with Crippen molar-refractivity contribution in [2.24, 2.45) is 5.92 Å². The van der Waals surface area contributed by atoms with Crippen LogP contribution in [0.25, 0.3) is 0 Å². The highest BCUT2D eigenvalue weighted by molar-refractivity contribution is 5.89. The number of amides is 2. The zero-order valence-corrected chi connectivity index (χ0v) is 15.9. The summed E-state index contributed by atoms with van der Waals surface area (Å²) in [5.41, 5.74) is 3.32. The fourth-order valence-electron chi connectivity index (χ4n) is 3.25. The van der Waals surface area contributed by atoms with Crippen LogP contribution in [0.3, 0.4) is 0 Å². The Hall–Kier alpha value is -2.89. The van der Waals surface area contributed by atoms with Gasteiger partial charge in [0, 0.05) is 58.2 Å². The largest absolute Gasteiger partial charge is 0.378 e. The summed E-state index contributed by atoms with van der Waals surface area (Å²) >= 11 is 0.